The lowest BCUT2D eigenvalue weighted by Gasteiger charge is -2.42. The van der Waals surface area contributed by atoms with E-state index >= 15 is 0 Å². The number of fused-ring (bicyclic) bond motifs is 1. The van der Waals surface area contributed by atoms with Gasteiger partial charge in [0.1, 0.15) is 17.8 Å². The molecule has 2 fully saturated rings. The van der Waals surface area contributed by atoms with E-state index in [2.05, 4.69) is 53.8 Å². The highest BCUT2D eigenvalue weighted by molar-refractivity contribution is 14.1. The maximum absolute atomic E-state index is 5.52. The molecule has 4 rings (SSSR count). The molecule has 0 spiro atoms. The number of hydrogen-bond donors (Lipinski definition) is 2. The number of ether oxygens (including phenoxy) is 1. The Bertz CT molecular complexity index is 707. The van der Waals surface area contributed by atoms with Gasteiger partial charge < -0.3 is 15.0 Å². The molecule has 7 heteroatoms. The summed E-state index contributed by atoms with van der Waals surface area (Å²) in [6, 6.07) is 2.12. The van der Waals surface area contributed by atoms with Crippen LogP contribution in [-0.2, 0) is 4.74 Å². The monoisotopic (exact) mass is 455 g/mol. The Labute approximate surface area is 162 Å². The van der Waals surface area contributed by atoms with Gasteiger partial charge in [-0.1, -0.05) is 19.3 Å². The van der Waals surface area contributed by atoms with E-state index in [1.807, 2.05) is 0 Å². The highest BCUT2D eigenvalue weighted by Gasteiger charge is 2.34. The molecule has 0 atom stereocenters. The summed E-state index contributed by atoms with van der Waals surface area (Å²) in [5.74, 6) is 0.955. The van der Waals surface area contributed by atoms with Gasteiger partial charge in [-0.25, -0.2) is 9.97 Å². The van der Waals surface area contributed by atoms with E-state index in [4.69, 9.17) is 4.74 Å². The lowest BCUT2D eigenvalue weighted by Crippen LogP contribution is -2.47. The topological polar surface area (TPSA) is 66.1 Å². The largest absolute Gasteiger partial charge is 0.379 e. The summed E-state index contributed by atoms with van der Waals surface area (Å²) in [5.41, 5.74) is 1.25. The average Bonchev–Trinajstić information content (AvgIpc) is 3.02. The predicted molar refractivity (Wildman–Crippen MR) is 108 cm³/mol. The van der Waals surface area contributed by atoms with Crippen molar-refractivity contribution in [1.29, 1.82) is 0 Å². The number of nitrogens with one attached hydrogen (secondary N) is 2. The highest BCUT2D eigenvalue weighted by atomic mass is 127. The van der Waals surface area contributed by atoms with Crippen molar-refractivity contribution >= 4 is 39.4 Å². The van der Waals surface area contributed by atoms with E-state index in [1.54, 1.807) is 6.33 Å². The first-order chi connectivity index (χ1) is 12.2. The molecule has 6 nitrogen and oxygen atoms in total. The molecule has 1 aliphatic carbocycles. The number of morpholine rings is 1. The Kier molecular flexibility index (Phi) is 5.42. The van der Waals surface area contributed by atoms with Crippen LogP contribution in [0.25, 0.3) is 11.0 Å². The molecule has 1 saturated heterocycles. The molecule has 25 heavy (non-hydrogen) atoms. The predicted octanol–water partition coefficient (Wildman–Crippen LogP) is 3.26. The smallest absolute Gasteiger partial charge is 0.143 e. The van der Waals surface area contributed by atoms with Gasteiger partial charge >= 0.3 is 0 Å². The van der Waals surface area contributed by atoms with Crippen molar-refractivity contribution in [3.63, 3.8) is 0 Å². The zero-order valence-corrected chi connectivity index (χ0v) is 16.7. The van der Waals surface area contributed by atoms with Crippen LogP contribution >= 0.6 is 22.6 Å². The van der Waals surface area contributed by atoms with Gasteiger partial charge in [-0.05, 0) is 41.5 Å². The van der Waals surface area contributed by atoms with Crippen LogP contribution in [0.4, 0.5) is 5.82 Å². The van der Waals surface area contributed by atoms with E-state index in [0.717, 1.165) is 53.4 Å². The number of anilines is 1. The van der Waals surface area contributed by atoms with Crippen molar-refractivity contribution in [1.82, 2.24) is 19.9 Å². The quantitative estimate of drug-likeness (QED) is 0.678. The molecule has 2 aliphatic rings. The zero-order valence-electron chi connectivity index (χ0n) is 14.6. The number of nitrogens with zero attached hydrogens (tertiary/aromatic N) is 3. The lowest BCUT2D eigenvalue weighted by molar-refractivity contribution is 0.0102. The van der Waals surface area contributed by atoms with E-state index < -0.39 is 0 Å². The molecule has 2 aromatic heterocycles. The van der Waals surface area contributed by atoms with E-state index in [9.17, 15) is 0 Å². The fourth-order valence-electron chi connectivity index (χ4n) is 4.25. The summed E-state index contributed by atoms with van der Waals surface area (Å²) < 4.78 is 6.62. The summed E-state index contributed by atoms with van der Waals surface area (Å²) >= 11 is 2.29. The minimum absolute atomic E-state index is 0.344. The van der Waals surface area contributed by atoms with Crippen LogP contribution in [0.3, 0.4) is 0 Å². The number of halogens is 1. The van der Waals surface area contributed by atoms with Gasteiger partial charge in [0, 0.05) is 31.6 Å². The van der Waals surface area contributed by atoms with Crippen LogP contribution in [0.5, 0.6) is 0 Å². The summed E-state index contributed by atoms with van der Waals surface area (Å²) in [5, 5.41) is 4.76. The maximum atomic E-state index is 5.52. The first-order valence-electron chi connectivity index (χ1n) is 9.27. The first-order valence-corrected chi connectivity index (χ1v) is 10.4. The van der Waals surface area contributed by atoms with Crippen molar-refractivity contribution in [3.8, 4) is 0 Å². The minimum atomic E-state index is 0.344. The van der Waals surface area contributed by atoms with Gasteiger partial charge in [0.05, 0.1) is 22.3 Å². The highest BCUT2D eigenvalue weighted by Crippen LogP contribution is 2.38. The van der Waals surface area contributed by atoms with Crippen LogP contribution in [0, 0.1) is 9.12 Å². The Balaban J connectivity index is 1.49. The maximum Gasteiger partial charge on any atom is 0.143 e. The van der Waals surface area contributed by atoms with E-state index in [-0.39, 0.29) is 0 Å². The molecule has 2 aromatic rings. The molecule has 0 radical (unpaired) electrons. The summed E-state index contributed by atoms with van der Waals surface area (Å²) in [6.07, 6.45) is 8.30. The third kappa shape index (κ3) is 4.09. The lowest BCUT2D eigenvalue weighted by atomic mass is 9.73. The van der Waals surface area contributed by atoms with Crippen molar-refractivity contribution in [2.24, 2.45) is 5.41 Å². The number of aromatic amines is 1. The molecule has 2 N–H and O–H groups in total. The third-order valence-electron chi connectivity index (χ3n) is 5.60. The van der Waals surface area contributed by atoms with Crippen LogP contribution in [-0.4, -0.2) is 59.2 Å². The summed E-state index contributed by atoms with van der Waals surface area (Å²) in [6.45, 7) is 6.03. The molecule has 0 unspecified atom stereocenters. The van der Waals surface area contributed by atoms with Gasteiger partial charge in [-0.15, -0.1) is 0 Å². The molecule has 0 bridgehead atoms. The number of hydrogen-bond acceptors (Lipinski definition) is 5. The zero-order chi connectivity index (χ0) is 17.1. The molecule has 0 amide bonds. The molecular formula is C18H26IN5O. The molecule has 136 valence electrons. The van der Waals surface area contributed by atoms with Crippen LogP contribution in [0.15, 0.2) is 12.4 Å². The van der Waals surface area contributed by atoms with Gasteiger partial charge in [-0.3, -0.25) is 4.90 Å². The number of rotatable bonds is 5. The van der Waals surface area contributed by atoms with Crippen molar-refractivity contribution in [3.05, 3.63) is 16.1 Å². The van der Waals surface area contributed by atoms with Crippen molar-refractivity contribution in [2.45, 2.75) is 32.1 Å². The molecule has 3 heterocycles. The fourth-order valence-corrected chi connectivity index (χ4v) is 4.81. The standard InChI is InChI=1S/C18H26IN5O/c19-15-10-14-16(21-13-22-17(14)23-15)20-11-18(4-2-1-3-5-18)12-24-6-8-25-9-7-24/h10,13H,1-9,11-12H2,(H2,20,21,22,23). The van der Waals surface area contributed by atoms with Crippen molar-refractivity contribution < 1.29 is 4.74 Å². The van der Waals surface area contributed by atoms with E-state index in [0.29, 0.717) is 5.41 Å². The van der Waals surface area contributed by atoms with Crippen molar-refractivity contribution in [2.75, 3.05) is 44.7 Å². The van der Waals surface area contributed by atoms with Crippen LogP contribution in [0.2, 0.25) is 0 Å². The van der Waals surface area contributed by atoms with Crippen LogP contribution in [0.1, 0.15) is 32.1 Å². The second-order valence-electron chi connectivity index (χ2n) is 7.40. The van der Waals surface area contributed by atoms with Gasteiger partial charge in [0.25, 0.3) is 0 Å². The second-order valence-corrected chi connectivity index (χ2v) is 8.57. The fraction of sp³-hybridized carbons (Fsp3) is 0.667. The summed E-state index contributed by atoms with van der Waals surface area (Å²) in [4.78, 5) is 14.7. The minimum Gasteiger partial charge on any atom is -0.379 e. The van der Waals surface area contributed by atoms with E-state index in [1.165, 1.54) is 38.6 Å². The molecule has 1 saturated carbocycles. The molecular weight excluding hydrogens is 429 g/mol. The van der Waals surface area contributed by atoms with Crippen LogP contribution < -0.4 is 5.32 Å². The van der Waals surface area contributed by atoms with Gasteiger partial charge in [-0.2, -0.15) is 0 Å². The normalized spacial score (nSPS) is 21.5. The molecule has 0 aromatic carbocycles. The molecule has 1 aliphatic heterocycles. The Hall–Kier alpha value is -0.930. The Morgan fingerprint density at radius 3 is 2.80 bits per heavy atom. The summed E-state index contributed by atoms with van der Waals surface area (Å²) in [7, 11) is 0. The SMILES string of the molecule is Ic1cc2c(NCC3(CN4CCOCC4)CCCCC3)ncnc2[nH]1. The second kappa shape index (κ2) is 7.75. The third-order valence-corrected chi connectivity index (χ3v) is 6.18. The Morgan fingerprint density at radius 1 is 1.20 bits per heavy atom. The number of aromatic nitrogens is 3. The Morgan fingerprint density at radius 2 is 2.00 bits per heavy atom. The average molecular weight is 455 g/mol. The van der Waals surface area contributed by atoms with Gasteiger partial charge in [0.2, 0.25) is 0 Å². The first kappa shape index (κ1) is 17.5. The van der Waals surface area contributed by atoms with Gasteiger partial charge in [0.15, 0.2) is 0 Å². The number of H-pyrrole nitrogens is 1.